The number of carbonyl (C=O) groups excluding carboxylic acids is 1. The van der Waals surface area contributed by atoms with Crippen LogP contribution in [0.2, 0.25) is 0 Å². The Labute approximate surface area is 203 Å². The maximum absolute atomic E-state index is 13.3. The van der Waals surface area contributed by atoms with Gasteiger partial charge in [-0.3, -0.25) is 9.69 Å². The third kappa shape index (κ3) is 3.48. The molecular formula is C27H26N4O2S. The van der Waals surface area contributed by atoms with Gasteiger partial charge in [0.25, 0.3) is 0 Å². The van der Waals surface area contributed by atoms with E-state index < -0.39 is 5.92 Å². The van der Waals surface area contributed by atoms with Gasteiger partial charge in [-0.1, -0.05) is 12.1 Å². The van der Waals surface area contributed by atoms with Crippen LogP contribution in [0.4, 0.5) is 5.00 Å². The van der Waals surface area contributed by atoms with E-state index >= 15 is 0 Å². The number of carbonyl (C=O) groups is 1. The lowest BCUT2D eigenvalue weighted by Crippen LogP contribution is -2.38. The summed E-state index contributed by atoms with van der Waals surface area (Å²) in [6, 6.07) is 12.3. The molecular weight excluding hydrogens is 444 g/mol. The average molecular weight is 471 g/mol. The lowest BCUT2D eigenvalue weighted by atomic mass is 9.75. The second-order valence-electron chi connectivity index (χ2n) is 8.82. The van der Waals surface area contributed by atoms with Gasteiger partial charge in [-0.05, 0) is 68.7 Å². The van der Waals surface area contributed by atoms with E-state index in [4.69, 9.17) is 10.5 Å². The van der Waals surface area contributed by atoms with Crippen molar-refractivity contribution >= 4 is 22.1 Å². The number of nitrogens with zero attached hydrogens (tertiary/aromatic N) is 3. The number of Topliss-reactive ketones (excluding diaryl/α,β-unsaturated/α-hetero) is 1. The zero-order valence-electron chi connectivity index (χ0n) is 19.2. The van der Waals surface area contributed by atoms with Crippen LogP contribution in [-0.2, 0) is 17.6 Å². The Bertz CT molecular complexity index is 1300. The monoisotopic (exact) mass is 470 g/mol. The van der Waals surface area contributed by atoms with Gasteiger partial charge in [-0.2, -0.15) is 10.5 Å². The van der Waals surface area contributed by atoms with Gasteiger partial charge in [0.05, 0.1) is 29.7 Å². The zero-order chi connectivity index (χ0) is 23.8. The highest BCUT2D eigenvalue weighted by molar-refractivity contribution is 7.16. The molecule has 2 aliphatic carbocycles. The summed E-state index contributed by atoms with van der Waals surface area (Å²) in [6.45, 7) is 2.49. The molecule has 172 valence electrons. The molecule has 6 nitrogen and oxygen atoms in total. The van der Waals surface area contributed by atoms with Crippen molar-refractivity contribution in [1.29, 1.82) is 10.5 Å². The second-order valence-corrected chi connectivity index (χ2v) is 9.90. The third-order valence-corrected chi connectivity index (χ3v) is 8.18. The molecule has 0 spiro atoms. The summed E-state index contributed by atoms with van der Waals surface area (Å²) in [7, 11) is 0. The highest BCUT2D eigenvalue weighted by Crippen LogP contribution is 2.50. The van der Waals surface area contributed by atoms with Crippen molar-refractivity contribution in [2.75, 3.05) is 11.5 Å². The Hall–Kier alpha value is -3.55. The first-order valence-electron chi connectivity index (χ1n) is 11.8. The summed E-state index contributed by atoms with van der Waals surface area (Å²) in [6.07, 6.45) is 5.88. The minimum atomic E-state index is -0.514. The van der Waals surface area contributed by atoms with E-state index in [1.54, 1.807) is 11.3 Å². The molecule has 2 aromatic rings. The highest BCUT2D eigenvalue weighted by atomic mass is 32.1. The van der Waals surface area contributed by atoms with Crippen LogP contribution in [0.25, 0.3) is 0 Å². The van der Waals surface area contributed by atoms with Crippen LogP contribution < -0.4 is 15.4 Å². The Kier molecular flexibility index (Phi) is 5.89. The smallest absolute Gasteiger partial charge is 0.161 e. The predicted octanol–water partition coefficient (Wildman–Crippen LogP) is 5.20. The molecule has 34 heavy (non-hydrogen) atoms. The number of nitriles is 2. The first-order valence-corrected chi connectivity index (χ1v) is 12.6. The van der Waals surface area contributed by atoms with Crippen LogP contribution in [-0.4, -0.2) is 12.4 Å². The van der Waals surface area contributed by atoms with Crippen molar-refractivity contribution in [3.8, 4) is 17.9 Å². The molecule has 1 unspecified atom stereocenters. The number of ether oxygens (including phenoxy) is 1. The quantitative estimate of drug-likeness (QED) is 0.659. The fraction of sp³-hybridized carbons (Fsp3) is 0.370. The Balaban J connectivity index is 1.70. The van der Waals surface area contributed by atoms with Crippen molar-refractivity contribution in [3.05, 3.63) is 68.5 Å². The molecule has 2 N–H and O–H groups in total. The maximum atomic E-state index is 13.3. The van der Waals surface area contributed by atoms with Gasteiger partial charge in [0.1, 0.15) is 22.6 Å². The average Bonchev–Trinajstić information content (AvgIpc) is 3.22. The molecule has 0 bridgehead atoms. The molecule has 0 fully saturated rings. The first kappa shape index (κ1) is 22.3. The highest BCUT2D eigenvalue weighted by Gasteiger charge is 2.41. The number of benzene rings is 1. The number of rotatable bonds is 4. The first-order chi connectivity index (χ1) is 16.6. The van der Waals surface area contributed by atoms with Crippen LogP contribution in [0.15, 0.2) is 46.9 Å². The summed E-state index contributed by atoms with van der Waals surface area (Å²) >= 11 is 1.59. The van der Waals surface area contributed by atoms with Crippen molar-refractivity contribution in [1.82, 2.24) is 0 Å². The zero-order valence-corrected chi connectivity index (χ0v) is 20.0. The number of anilines is 1. The molecule has 2 heterocycles. The predicted molar refractivity (Wildman–Crippen MR) is 131 cm³/mol. The van der Waals surface area contributed by atoms with Crippen molar-refractivity contribution in [3.63, 3.8) is 0 Å². The summed E-state index contributed by atoms with van der Waals surface area (Å²) in [5, 5.41) is 21.0. The lowest BCUT2D eigenvalue weighted by Gasteiger charge is -2.39. The molecule has 1 aromatic carbocycles. The summed E-state index contributed by atoms with van der Waals surface area (Å²) in [5.41, 5.74) is 11.1. The number of hydrogen-bond acceptors (Lipinski definition) is 7. The molecule has 0 saturated carbocycles. The minimum absolute atomic E-state index is 0.0465. The van der Waals surface area contributed by atoms with Gasteiger partial charge in [0.15, 0.2) is 5.78 Å². The number of thiophene rings is 1. The molecule has 0 saturated heterocycles. The minimum Gasteiger partial charge on any atom is -0.494 e. The fourth-order valence-electron chi connectivity index (χ4n) is 5.40. The van der Waals surface area contributed by atoms with Gasteiger partial charge in [-0.15, -0.1) is 11.3 Å². The van der Waals surface area contributed by atoms with E-state index in [1.165, 1.54) is 4.88 Å². The standard InChI is InChI=1S/C27H26N4O2S/c1-2-33-17-12-10-16(11-13-17)24-20(15-29)26(30)31(21-7-5-8-22(32)25(21)24)27-19(14-28)18-6-3-4-9-23(18)34-27/h10-13,24H,2-9,30H2,1H3. The third-order valence-electron chi connectivity index (χ3n) is 6.91. The number of nitrogens with two attached hydrogens (primary N) is 1. The summed E-state index contributed by atoms with van der Waals surface area (Å²) in [5.74, 6) is 0.598. The number of allylic oxidation sites excluding steroid dienone is 3. The number of ketones is 1. The topological polar surface area (TPSA) is 103 Å². The molecule has 7 heteroatoms. The van der Waals surface area contributed by atoms with Gasteiger partial charge >= 0.3 is 0 Å². The van der Waals surface area contributed by atoms with Crippen LogP contribution in [0.5, 0.6) is 5.75 Å². The number of hydrogen-bond donors (Lipinski definition) is 1. The van der Waals surface area contributed by atoms with Gasteiger partial charge in [0, 0.05) is 22.6 Å². The largest absolute Gasteiger partial charge is 0.494 e. The number of fused-ring (bicyclic) bond motifs is 1. The Morgan fingerprint density at radius 1 is 1.09 bits per heavy atom. The molecule has 0 radical (unpaired) electrons. The summed E-state index contributed by atoms with van der Waals surface area (Å²) < 4.78 is 5.57. The van der Waals surface area contributed by atoms with E-state index in [0.29, 0.717) is 42.0 Å². The van der Waals surface area contributed by atoms with Crippen molar-refractivity contribution in [2.24, 2.45) is 5.73 Å². The molecule has 1 aromatic heterocycles. The van der Waals surface area contributed by atoms with Crippen LogP contribution >= 0.6 is 11.3 Å². The normalized spacial score (nSPS) is 19.9. The Morgan fingerprint density at radius 3 is 2.56 bits per heavy atom. The van der Waals surface area contributed by atoms with E-state index in [-0.39, 0.29) is 5.78 Å². The van der Waals surface area contributed by atoms with E-state index in [2.05, 4.69) is 12.1 Å². The van der Waals surface area contributed by atoms with Gasteiger partial charge in [-0.25, -0.2) is 0 Å². The lowest BCUT2D eigenvalue weighted by molar-refractivity contribution is -0.116. The molecule has 5 rings (SSSR count). The molecule has 0 amide bonds. The maximum Gasteiger partial charge on any atom is 0.161 e. The van der Waals surface area contributed by atoms with E-state index in [0.717, 1.165) is 59.7 Å². The van der Waals surface area contributed by atoms with Crippen LogP contribution in [0.1, 0.15) is 66.5 Å². The van der Waals surface area contributed by atoms with Crippen LogP contribution in [0.3, 0.4) is 0 Å². The molecule has 1 atom stereocenters. The number of aryl methyl sites for hydroxylation is 1. The summed E-state index contributed by atoms with van der Waals surface area (Å²) in [4.78, 5) is 16.4. The fourth-order valence-corrected chi connectivity index (χ4v) is 6.78. The Morgan fingerprint density at radius 2 is 1.85 bits per heavy atom. The van der Waals surface area contributed by atoms with Crippen molar-refractivity contribution in [2.45, 2.75) is 57.8 Å². The van der Waals surface area contributed by atoms with Gasteiger partial charge in [0.2, 0.25) is 0 Å². The van der Waals surface area contributed by atoms with Crippen LogP contribution in [0, 0.1) is 22.7 Å². The molecule has 3 aliphatic rings. The molecule has 1 aliphatic heterocycles. The van der Waals surface area contributed by atoms with E-state index in [9.17, 15) is 15.3 Å². The van der Waals surface area contributed by atoms with Crippen molar-refractivity contribution < 1.29 is 9.53 Å². The SMILES string of the molecule is CCOc1ccc(C2C(C#N)=C(N)N(c3sc4c(c3C#N)CCCC4)C3=C2C(=O)CCC3)cc1. The second kappa shape index (κ2) is 9.00. The van der Waals surface area contributed by atoms with E-state index in [1.807, 2.05) is 36.1 Å². The van der Waals surface area contributed by atoms with Gasteiger partial charge < -0.3 is 10.5 Å².